The second-order valence-corrected chi connectivity index (χ2v) is 8.14. The van der Waals surface area contributed by atoms with Gasteiger partial charge in [0.25, 0.3) is 0 Å². The Hall–Kier alpha value is -2.36. The van der Waals surface area contributed by atoms with Gasteiger partial charge in [0.05, 0.1) is 16.9 Å². The lowest BCUT2D eigenvalue weighted by molar-refractivity contribution is -0.137. The van der Waals surface area contributed by atoms with Crippen molar-refractivity contribution in [3.63, 3.8) is 0 Å². The molecule has 0 aliphatic carbocycles. The first-order valence-electron chi connectivity index (χ1n) is 8.05. The van der Waals surface area contributed by atoms with Crippen molar-refractivity contribution in [2.24, 2.45) is 0 Å². The molecule has 2 aromatic carbocycles. The van der Waals surface area contributed by atoms with Gasteiger partial charge in [-0.05, 0) is 42.8 Å². The first-order valence-corrected chi connectivity index (χ1v) is 9.91. The fourth-order valence-corrected chi connectivity index (χ4v) is 4.35. The Morgan fingerprint density at radius 2 is 1.82 bits per heavy atom. The van der Waals surface area contributed by atoms with Crippen LogP contribution < -0.4 is 4.72 Å². The summed E-state index contributed by atoms with van der Waals surface area (Å²) >= 11 is 5.84. The molecule has 0 saturated carbocycles. The maximum atomic E-state index is 12.9. The summed E-state index contributed by atoms with van der Waals surface area (Å²) in [6.07, 6.45) is 0.334. The molecule has 0 bridgehead atoms. The van der Waals surface area contributed by atoms with Gasteiger partial charge in [0, 0.05) is 24.1 Å². The summed E-state index contributed by atoms with van der Waals surface area (Å²) in [5.74, 6) is 0. The summed E-state index contributed by atoms with van der Waals surface area (Å²) < 4.78 is 68.0. The number of sulfonamides is 1. The number of alkyl halides is 3. The van der Waals surface area contributed by atoms with Crippen LogP contribution in [0.4, 0.5) is 13.2 Å². The predicted molar refractivity (Wildman–Crippen MR) is 98.8 cm³/mol. The molecule has 148 valence electrons. The van der Waals surface area contributed by atoms with Gasteiger partial charge in [-0.2, -0.15) is 13.2 Å². The monoisotopic (exact) mass is 429 g/mol. The number of benzene rings is 2. The van der Waals surface area contributed by atoms with E-state index in [0.717, 1.165) is 17.8 Å². The molecule has 3 rings (SSSR count). The molecule has 0 saturated heterocycles. The zero-order valence-corrected chi connectivity index (χ0v) is 16.1. The van der Waals surface area contributed by atoms with E-state index in [1.807, 2.05) is 0 Å². The molecule has 3 aromatic rings. The zero-order chi connectivity index (χ0) is 20.5. The van der Waals surface area contributed by atoms with Gasteiger partial charge in [-0.3, -0.25) is 0 Å². The van der Waals surface area contributed by atoms with Crippen molar-refractivity contribution in [3.8, 4) is 5.69 Å². The molecule has 5 nitrogen and oxygen atoms in total. The van der Waals surface area contributed by atoms with Gasteiger partial charge in [-0.25, -0.2) is 18.1 Å². The number of imidazole rings is 1. The number of rotatable bonds is 5. The third-order valence-corrected chi connectivity index (χ3v) is 6.10. The molecule has 1 N–H and O–H groups in total. The second-order valence-electron chi connectivity index (χ2n) is 6.05. The molecular formula is C18H15ClF3N3O2S. The van der Waals surface area contributed by atoms with E-state index in [9.17, 15) is 21.6 Å². The molecular weight excluding hydrogens is 415 g/mol. The number of nitrogens with zero attached hydrogens (tertiary/aromatic N) is 2. The first-order chi connectivity index (χ1) is 13.1. The van der Waals surface area contributed by atoms with E-state index < -0.39 is 32.7 Å². The van der Waals surface area contributed by atoms with Crippen LogP contribution in [0.15, 0.2) is 66.1 Å². The summed E-state index contributed by atoms with van der Waals surface area (Å²) in [5.41, 5.74) is 0.377. The molecule has 1 atom stereocenters. The van der Waals surface area contributed by atoms with Crippen LogP contribution in [-0.2, 0) is 16.2 Å². The molecule has 0 amide bonds. The van der Waals surface area contributed by atoms with Gasteiger partial charge < -0.3 is 4.57 Å². The molecule has 0 aliphatic heterocycles. The van der Waals surface area contributed by atoms with Crippen molar-refractivity contribution in [3.05, 3.63) is 77.3 Å². The largest absolute Gasteiger partial charge is 0.416 e. The van der Waals surface area contributed by atoms with E-state index >= 15 is 0 Å². The van der Waals surface area contributed by atoms with Crippen molar-refractivity contribution >= 4 is 21.6 Å². The number of hydrogen-bond donors (Lipinski definition) is 1. The van der Waals surface area contributed by atoms with Crippen molar-refractivity contribution in [1.82, 2.24) is 14.3 Å². The van der Waals surface area contributed by atoms with Crippen LogP contribution in [-0.4, -0.2) is 18.0 Å². The SMILES string of the molecule is C[C@H](NS(=O)(=O)c1cc(C(F)(F)F)ccc1Cl)c1ccc(-n2ccnc2)cc1. The smallest absolute Gasteiger partial charge is 0.306 e. The first kappa shape index (κ1) is 20.4. The highest BCUT2D eigenvalue weighted by atomic mass is 35.5. The van der Waals surface area contributed by atoms with Crippen LogP contribution in [0.5, 0.6) is 0 Å². The number of nitrogens with one attached hydrogen (secondary N) is 1. The van der Waals surface area contributed by atoms with Gasteiger partial charge in [0.2, 0.25) is 10.0 Å². The minimum absolute atomic E-state index is 0.289. The van der Waals surface area contributed by atoms with Gasteiger partial charge >= 0.3 is 6.18 Å². The maximum absolute atomic E-state index is 12.9. The summed E-state index contributed by atoms with van der Waals surface area (Å²) in [7, 11) is -4.27. The zero-order valence-electron chi connectivity index (χ0n) is 14.5. The molecule has 0 unspecified atom stereocenters. The Morgan fingerprint density at radius 1 is 1.14 bits per heavy atom. The molecule has 0 radical (unpaired) electrons. The topological polar surface area (TPSA) is 64.0 Å². The van der Waals surface area contributed by atoms with E-state index in [-0.39, 0.29) is 5.02 Å². The summed E-state index contributed by atoms with van der Waals surface area (Å²) in [6.45, 7) is 1.59. The molecule has 0 fully saturated rings. The summed E-state index contributed by atoms with van der Waals surface area (Å²) in [6, 6.07) is 8.49. The predicted octanol–water partition coefficient (Wildman–Crippen LogP) is 4.58. The third kappa shape index (κ3) is 4.37. The van der Waals surface area contributed by atoms with Crippen LogP contribution in [0.2, 0.25) is 5.02 Å². The fraction of sp³-hybridized carbons (Fsp3) is 0.167. The van der Waals surface area contributed by atoms with Crippen LogP contribution in [0.1, 0.15) is 24.1 Å². The quantitative estimate of drug-likeness (QED) is 0.645. The van der Waals surface area contributed by atoms with Crippen molar-refractivity contribution in [1.29, 1.82) is 0 Å². The molecule has 1 aromatic heterocycles. The Bertz CT molecular complexity index is 1070. The van der Waals surface area contributed by atoms with Crippen LogP contribution in [0, 0.1) is 0 Å². The van der Waals surface area contributed by atoms with Gasteiger partial charge in [-0.1, -0.05) is 23.7 Å². The van der Waals surface area contributed by atoms with E-state index in [1.165, 1.54) is 0 Å². The van der Waals surface area contributed by atoms with Crippen molar-refractivity contribution < 1.29 is 21.6 Å². The van der Waals surface area contributed by atoms with E-state index in [4.69, 9.17) is 11.6 Å². The van der Waals surface area contributed by atoms with Crippen LogP contribution in [0.3, 0.4) is 0 Å². The van der Waals surface area contributed by atoms with Crippen LogP contribution in [0.25, 0.3) is 5.69 Å². The van der Waals surface area contributed by atoms with E-state index in [0.29, 0.717) is 11.6 Å². The Labute approximate surface area is 164 Å². The Kier molecular flexibility index (Phi) is 5.51. The lowest BCUT2D eigenvalue weighted by atomic mass is 10.1. The average Bonchev–Trinajstić information content (AvgIpc) is 3.15. The number of hydrogen-bond acceptors (Lipinski definition) is 3. The molecule has 28 heavy (non-hydrogen) atoms. The number of aromatic nitrogens is 2. The normalized spacial score (nSPS) is 13.5. The minimum Gasteiger partial charge on any atom is -0.306 e. The summed E-state index contributed by atoms with van der Waals surface area (Å²) in [4.78, 5) is 3.33. The van der Waals surface area contributed by atoms with Crippen LogP contribution >= 0.6 is 11.6 Å². The molecule has 1 heterocycles. The van der Waals surface area contributed by atoms with Gasteiger partial charge in [0.1, 0.15) is 4.90 Å². The Morgan fingerprint density at radius 3 is 2.39 bits per heavy atom. The van der Waals surface area contributed by atoms with Gasteiger partial charge in [0.15, 0.2) is 0 Å². The van der Waals surface area contributed by atoms with E-state index in [2.05, 4.69) is 9.71 Å². The lowest BCUT2D eigenvalue weighted by Crippen LogP contribution is -2.27. The standard InChI is InChI=1S/C18H15ClF3N3O2S/c1-12(13-2-5-15(6-3-13)25-9-8-23-11-25)24-28(26,27)17-10-14(18(20,21)22)4-7-16(17)19/h2-12,24H,1H3/t12-/m0/s1. The highest BCUT2D eigenvalue weighted by Crippen LogP contribution is 2.33. The Balaban J connectivity index is 1.84. The molecule has 10 heteroatoms. The third-order valence-electron chi connectivity index (χ3n) is 4.08. The second kappa shape index (κ2) is 7.57. The lowest BCUT2D eigenvalue weighted by Gasteiger charge is -2.17. The summed E-state index contributed by atoms with van der Waals surface area (Å²) in [5, 5.41) is -0.289. The van der Waals surface area contributed by atoms with Crippen molar-refractivity contribution in [2.75, 3.05) is 0 Å². The van der Waals surface area contributed by atoms with Crippen molar-refractivity contribution in [2.45, 2.75) is 24.0 Å². The highest BCUT2D eigenvalue weighted by Gasteiger charge is 2.33. The maximum Gasteiger partial charge on any atom is 0.416 e. The minimum atomic E-state index is -4.68. The fourth-order valence-electron chi connectivity index (χ4n) is 2.60. The highest BCUT2D eigenvalue weighted by molar-refractivity contribution is 7.89. The van der Waals surface area contributed by atoms with E-state index in [1.54, 1.807) is 54.5 Å². The number of halogens is 4. The van der Waals surface area contributed by atoms with Gasteiger partial charge in [-0.15, -0.1) is 0 Å². The molecule has 0 aliphatic rings. The average molecular weight is 430 g/mol. The molecule has 0 spiro atoms.